The van der Waals surface area contributed by atoms with Crippen LogP contribution in [0.5, 0.6) is 0 Å². The molecule has 1 aromatic rings. The van der Waals surface area contributed by atoms with Crippen LogP contribution in [-0.4, -0.2) is 26.2 Å². The van der Waals surface area contributed by atoms with Gasteiger partial charge in [0.05, 0.1) is 11.5 Å². The van der Waals surface area contributed by atoms with Crippen molar-refractivity contribution in [1.29, 1.82) is 0 Å². The normalized spacial score (nSPS) is 24.4. The van der Waals surface area contributed by atoms with Crippen molar-refractivity contribution in [2.24, 2.45) is 5.92 Å². The van der Waals surface area contributed by atoms with E-state index >= 15 is 0 Å². The van der Waals surface area contributed by atoms with Gasteiger partial charge in [-0.05, 0) is 23.8 Å². The van der Waals surface area contributed by atoms with Gasteiger partial charge < -0.3 is 0 Å². The Labute approximate surface area is 102 Å². The van der Waals surface area contributed by atoms with Crippen LogP contribution in [0.1, 0.15) is 35.2 Å². The topological polar surface area (TPSA) is 51.2 Å². The molecule has 1 aromatic carbocycles. The summed E-state index contributed by atoms with van der Waals surface area (Å²) in [5.41, 5.74) is 1.76. The lowest BCUT2D eigenvalue weighted by Gasteiger charge is -2.18. The molecule has 1 aliphatic heterocycles. The molecule has 0 amide bonds. The number of benzene rings is 1. The van der Waals surface area contributed by atoms with Gasteiger partial charge in [-0.15, -0.1) is 0 Å². The van der Waals surface area contributed by atoms with E-state index in [-0.39, 0.29) is 11.8 Å². The van der Waals surface area contributed by atoms with Crippen LogP contribution < -0.4 is 0 Å². The maximum atomic E-state index is 11.4. The zero-order chi connectivity index (χ0) is 12.5. The number of carbonyl (C=O) groups is 1. The lowest BCUT2D eigenvalue weighted by atomic mass is 9.87. The summed E-state index contributed by atoms with van der Waals surface area (Å²) in [7, 11) is -2.82. The fourth-order valence-corrected chi connectivity index (χ4v) is 4.30. The predicted octanol–water partition coefficient (Wildman–Crippen LogP) is 2.04. The number of hydrogen-bond donors (Lipinski definition) is 0. The Balaban J connectivity index is 2.14. The maximum Gasteiger partial charge on any atom is 0.150 e. The maximum absolute atomic E-state index is 11.4. The molecule has 0 N–H and O–H groups in total. The minimum absolute atomic E-state index is 0.210. The second-order valence-electron chi connectivity index (χ2n) is 4.74. The van der Waals surface area contributed by atoms with E-state index < -0.39 is 9.84 Å². The van der Waals surface area contributed by atoms with Crippen molar-refractivity contribution in [3.63, 3.8) is 0 Å². The monoisotopic (exact) mass is 252 g/mol. The van der Waals surface area contributed by atoms with Gasteiger partial charge in [0, 0.05) is 5.56 Å². The summed E-state index contributed by atoms with van der Waals surface area (Å²) in [5, 5.41) is 0. The van der Waals surface area contributed by atoms with Crippen molar-refractivity contribution in [3.8, 4) is 0 Å². The summed E-state index contributed by atoms with van der Waals surface area (Å²) in [6.07, 6.45) is 1.56. The standard InChI is InChI=1S/C13H16O3S/c1-10(13-6-7-17(15,16)9-13)12-4-2-11(8-14)3-5-12/h2-5,8,10,13H,6-7,9H2,1H3. The smallest absolute Gasteiger partial charge is 0.150 e. The molecule has 17 heavy (non-hydrogen) atoms. The molecule has 1 heterocycles. The van der Waals surface area contributed by atoms with Crippen LogP contribution in [0.4, 0.5) is 0 Å². The van der Waals surface area contributed by atoms with E-state index in [0.29, 0.717) is 17.1 Å². The van der Waals surface area contributed by atoms with Gasteiger partial charge in [-0.1, -0.05) is 31.2 Å². The van der Waals surface area contributed by atoms with E-state index in [1.54, 1.807) is 12.1 Å². The van der Waals surface area contributed by atoms with Crippen LogP contribution in [0.25, 0.3) is 0 Å². The van der Waals surface area contributed by atoms with Gasteiger partial charge in [-0.3, -0.25) is 4.79 Å². The van der Waals surface area contributed by atoms with Crippen LogP contribution in [-0.2, 0) is 9.84 Å². The third-order valence-corrected chi connectivity index (χ3v) is 5.37. The van der Waals surface area contributed by atoms with E-state index in [1.165, 1.54) is 0 Å². The molecule has 0 aliphatic carbocycles. The van der Waals surface area contributed by atoms with E-state index in [4.69, 9.17) is 0 Å². The molecule has 1 saturated heterocycles. The fourth-order valence-electron chi connectivity index (χ4n) is 2.37. The molecule has 92 valence electrons. The van der Waals surface area contributed by atoms with Gasteiger partial charge in [0.15, 0.2) is 9.84 Å². The summed E-state index contributed by atoms with van der Waals surface area (Å²) < 4.78 is 22.9. The lowest BCUT2D eigenvalue weighted by Crippen LogP contribution is -2.12. The van der Waals surface area contributed by atoms with Crippen LogP contribution >= 0.6 is 0 Å². The summed E-state index contributed by atoms with van der Waals surface area (Å²) >= 11 is 0. The molecule has 1 aliphatic rings. The van der Waals surface area contributed by atoms with Crippen molar-refractivity contribution in [2.45, 2.75) is 19.3 Å². The van der Waals surface area contributed by atoms with E-state index in [2.05, 4.69) is 6.92 Å². The van der Waals surface area contributed by atoms with E-state index in [9.17, 15) is 13.2 Å². The number of hydrogen-bond acceptors (Lipinski definition) is 3. The highest BCUT2D eigenvalue weighted by atomic mass is 32.2. The second-order valence-corrected chi connectivity index (χ2v) is 6.97. The van der Waals surface area contributed by atoms with Crippen LogP contribution in [0.15, 0.2) is 24.3 Å². The number of rotatable bonds is 3. The Morgan fingerprint density at radius 3 is 2.41 bits per heavy atom. The van der Waals surface area contributed by atoms with Crippen LogP contribution in [0.2, 0.25) is 0 Å². The summed E-state index contributed by atoms with van der Waals surface area (Å²) in [6.45, 7) is 2.06. The zero-order valence-corrected chi connectivity index (χ0v) is 10.6. The molecule has 0 spiro atoms. The first kappa shape index (κ1) is 12.3. The van der Waals surface area contributed by atoms with Crippen molar-refractivity contribution >= 4 is 16.1 Å². The lowest BCUT2D eigenvalue weighted by molar-refractivity contribution is 0.112. The molecule has 0 radical (unpaired) electrons. The number of aldehydes is 1. The van der Waals surface area contributed by atoms with Crippen LogP contribution in [0, 0.1) is 5.92 Å². The fraction of sp³-hybridized carbons (Fsp3) is 0.462. The molecule has 0 aromatic heterocycles. The van der Waals surface area contributed by atoms with Gasteiger partial charge in [-0.2, -0.15) is 0 Å². The third kappa shape index (κ3) is 2.75. The highest BCUT2D eigenvalue weighted by Crippen LogP contribution is 2.32. The molecule has 0 saturated carbocycles. The molecule has 2 rings (SSSR count). The molecule has 1 fully saturated rings. The van der Waals surface area contributed by atoms with Gasteiger partial charge in [-0.25, -0.2) is 8.42 Å². The van der Waals surface area contributed by atoms with Crippen molar-refractivity contribution in [2.75, 3.05) is 11.5 Å². The molecular weight excluding hydrogens is 236 g/mol. The van der Waals surface area contributed by atoms with E-state index in [0.717, 1.165) is 18.3 Å². The predicted molar refractivity (Wildman–Crippen MR) is 67.0 cm³/mol. The molecule has 4 heteroatoms. The zero-order valence-electron chi connectivity index (χ0n) is 9.80. The van der Waals surface area contributed by atoms with Crippen LogP contribution in [0.3, 0.4) is 0 Å². The minimum atomic E-state index is -2.82. The molecule has 3 nitrogen and oxygen atoms in total. The Morgan fingerprint density at radius 1 is 1.29 bits per heavy atom. The average molecular weight is 252 g/mol. The van der Waals surface area contributed by atoms with Crippen molar-refractivity contribution in [1.82, 2.24) is 0 Å². The van der Waals surface area contributed by atoms with Crippen molar-refractivity contribution in [3.05, 3.63) is 35.4 Å². The second kappa shape index (κ2) is 4.61. The largest absolute Gasteiger partial charge is 0.298 e. The molecular formula is C13H16O3S. The molecule has 2 unspecified atom stereocenters. The van der Waals surface area contributed by atoms with Gasteiger partial charge in [0.2, 0.25) is 0 Å². The summed E-state index contributed by atoms with van der Waals surface area (Å²) in [5.74, 6) is 1.05. The highest BCUT2D eigenvalue weighted by molar-refractivity contribution is 7.91. The first-order valence-corrected chi connectivity index (χ1v) is 7.59. The Bertz CT molecular complexity index is 502. The number of carbonyl (C=O) groups excluding carboxylic acids is 1. The van der Waals surface area contributed by atoms with E-state index in [1.807, 2.05) is 12.1 Å². The number of sulfone groups is 1. The third-order valence-electron chi connectivity index (χ3n) is 3.57. The Morgan fingerprint density at radius 2 is 1.94 bits per heavy atom. The quantitative estimate of drug-likeness (QED) is 0.773. The summed E-state index contributed by atoms with van der Waals surface area (Å²) in [6, 6.07) is 7.39. The first-order valence-electron chi connectivity index (χ1n) is 5.77. The van der Waals surface area contributed by atoms with Gasteiger partial charge >= 0.3 is 0 Å². The molecule has 0 bridgehead atoms. The SMILES string of the molecule is CC(c1ccc(C=O)cc1)C1CCS(=O)(=O)C1. The van der Waals surface area contributed by atoms with Gasteiger partial charge in [0.25, 0.3) is 0 Å². The Hall–Kier alpha value is -1.16. The average Bonchev–Trinajstić information content (AvgIpc) is 2.69. The van der Waals surface area contributed by atoms with Crippen molar-refractivity contribution < 1.29 is 13.2 Å². The minimum Gasteiger partial charge on any atom is -0.298 e. The summed E-state index contributed by atoms with van der Waals surface area (Å²) in [4.78, 5) is 10.5. The first-order chi connectivity index (χ1) is 8.02. The molecule has 2 atom stereocenters. The van der Waals surface area contributed by atoms with Gasteiger partial charge in [0.1, 0.15) is 6.29 Å². The highest BCUT2D eigenvalue weighted by Gasteiger charge is 2.32. The Kier molecular flexibility index (Phi) is 3.33.